The molecule has 0 amide bonds. The molecule has 1 fully saturated rings. The molecule has 1 heteroatoms. The highest BCUT2D eigenvalue weighted by Gasteiger charge is 2.44. The molecule has 4 aromatic carbocycles. The summed E-state index contributed by atoms with van der Waals surface area (Å²) in [7, 11) is 0. The predicted octanol–water partition coefficient (Wildman–Crippen LogP) is 8.90. The van der Waals surface area contributed by atoms with E-state index in [-0.39, 0.29) is 5.41 Å². The second-order valence-electron chi connectivity index (χ2n) is 9.01. The molecule has 0 aromatic heterocycles. The minimum Gasteiger partial charge on any atom is -0.0843 e. The number of halogens is 1. The van der Waals surface area contributed by atoms with E-state index in [1.54, 1.807) is 11.1 Å². The molecule has 0 radical (unpaired) electrons. The third-order valence-corrected chi connectivity index (χ3v) is 7.57. The van der Waals surface area contributed by atoms with Gasteiger partial charge in [0, 0.05) is 10.4 Å². The summed E-state index contributed by atoms with van der Waals surface area (Å²) in [5, 5.41) is 0.775. The summed E-state index contributed by atoms with van der Waals surface area (Å²) < 4.78 is 0. The van der Waals surface area contributed by atoms with Crippen molar-refractivity contribution < 1.29 is 0 Å². The van der Waals surface area contributed by atoms with Gasteiger partial charge in [0.25, 0.3) is 0 Å². The highest BCUT2D eigenvalue weighted by atomic mass is 35.5. The first-order valence-corrected chi connectivity index (χ1v) is 11.7. The topological polar surface area (TPSA) is 0 Å². The maximum atomic E-state index is 6.27. The maximum Gasteiger partial charge on any atom is 0.0412 e. The zero-order valence-electron chi connectivity index (χ0n) is 17.6. The number of hydrogen-bond acceptors (Lipinski definition) is 0. The average Bonchev–Trinajstić information content (AvgIpc) is 3.10. The van der Waals surface area contributed by atoms with Crippen molar-refractivity contribution in [1.82, 2.24) is 0 Å². The Morgan fingerprint density at radius 2 is 1.19 bits per heavy atom. The van der Waals surface area contributed by atoms with Crippen LogP contribution in [-0.2, 0) is 5.41 Å². The van der Waals surface area contributed by atoms with Crippen LogP contribution in [0.2, 0.25) is 5.02 Å². The Bertz CT molecular complexity index is 1280. The van der Waals surface area contributed by atoms with Gasteiger partial charge >= 0.3 is 0 Å². The highest BCUT2D eigenvalue weighted by molar-refractivity contribution is 6.30. The summed E-state index contributed by atoms with van der Waals surface area (Å²) in [6, 6.07) is 33.1. The van der Waals surface area contributed by atoms with Crippen molar-refractivity contribution in [2.75, 3.05) is 0 Å². The molecule has 2 aliphatic rings. The predicted molar refractivity (Wildman–Crippen MR) is 132 cm³/mol. The first-order valence-electron chi connectivity index (χ1n) is 11.4. The van der Waals surface area contributed by atoms with E-state index >= 15 is 0 Å². The second kappa shape index (κ2) is 7.39. The molecule has 2 aliphatic carbocycles. The van der Waals surface area contributed by atoms with Gasteiger partial charge in [-0.25, -0.2) is 0 Å². The van der Waals surface area contributed by atoms with Crippen molar-refractivity contribution in [1.29, 1.82) is 0 Å². The fourth-order valence-electron chi connectivity index (χ4n) is 5.97. The third-order valence-electron chi connectivity index (χ3n) is 7.33. The van der Waals surface area contributed by atoms with Crippen molar-refractivity contribution in [2.45, 2.75) is 37.5 Å². The maximum absolute atomic E-state index is 6.27. The fraction of sp³-hybridized carbons (Fsp3) is 0.200. The minimum atomic E-state index is 0.199. The molecule has 0 atom stereocenters. The second-order valence-corrected chi connectivity index (χ2v) is 9.44. The van der Waals surface area contributed by atoms with E-state index in [1.807, 2.05) is 18.2 Å². The molecule has 31 heavy (non-hydrogen) atoms. The van der Waals surface area contributed by atoms with Gasteiger partial charge in [-0.3, -0.25) is 0 Å². The van der Waals surface area contributed by atoms with Crippen LogP contribution < -0.4 is 0 Å². The summed E-state index contributed by atoms with van der Waals surface area (Å²) in [6.07, 6.45) is 6.54. The van der Waals surface area contributed by atoms with Crippen LogP contribution in [0.5, 0.6) is 0 Å². The molecule has 0 heterocycles. The van der Waals surface area contributed by atoms with Crippen LogP contribution in [0.1, 0.15) is 43.2 Å². The SMILES string of the molecule is Clc1cccc(-c2cccc(-c3cccc4c3-c3ccccc3C43CCCCC3)c2)c1. The zero-order valence-corrected chi connectivity index (χ0v) is 18.3. The van der Waals surface area contributed by atoms with Gasteiger partial charge in [0.2, 0.25) is 0 Å². The summed E-state index contributed by atoms with van der Waals surface area (Å²) >= 11 is 6.27. The summed E-state index contributed by atoms with van der Waals surface area (Å²) in [5.41, 5.74) is 11.1. The van der Waals surface area contributed by atoms with Gasteiger partial charge in [-0.2, -0.15) is 0 Å². The Balaban J connectivity index is 1.56. The van der Waals surface area contributed by atoms with Crippen LogP contribution in [0.25, 0.3) is 33.4 Å². The van der Waals surface area contributed by atoms with Crippen molar-refractivity contribution in [2.24, 2.45) is 0 Å². The normalized spacial score (nSPS) is 16.2. The largest absolute Gasteiger partial charge is 0.0843 e. The summed E-state index contributed by atoms with van der Waals surface area (Å²) in [5.74, 6) is 0. The van der Waals surface area contributed by atoms with Crippen LogP contribution in [0, 0.1) is 0 Å². The van der Waals surface area contributed by atoms with Crippen molar-refractivity contribution >= 4 is 11.6 Å². The van der Waals surface area contributed by atoms with Gasteiger partial charge in [0.05, 0.1) is 0 Å². The molecular weight excluding hydrogens is 396 g/mol. The van der Waals surface area contributed by atoms with Crippen molar-refractivity contribution in [3.8, 4) is 33.4 Å². The minimum absolute atomic E-state index is 0.199. The lowest BCUT2D eigenvalue weighted by Gasteiger charge is -2.36. The van der Waals surface area contributed by atoms with Crippen molar-refractivity contribution in [3.05, 3.63) is 107 Å². The van der Waals surface area contributed by atoms with Gasteiger partial charge in [-0.05, 0) is 75.5 Å². The lowest BCUT2D eigenvalue weighted by molar-refractivity contribution is 0.353. The van der Waals surface area contributed by atoms with E-state index in [0.29, 0.717) is 0 Å². The van der Waals surface area contributed by atoms with E-state index < -0.39 is 0 Å². The van der Waals surface area contributed by atoms with Gasteiger partial charge < -0.3 is 0 Å². The van der Waals surface area contributed by atoms with E-state index in [4.69, 9.17) is 11.6 Å². The molecule has 0 saturated heterocycles. The van der Waals surface area contributed by atoms with Crippen LogP contribution in [0.4, 0.5) is 0 Å². The monoisotopic (exact) mass is 420 g/mol. The molecule has 0 N–H and O–H groups in total. The van der Waals surface area contributed by atoms with Gasteiger partial charge in [-0.15, -0.1) is 0 Å². The Labute approximate surface area is 189 Å². The third kappa shape index (κ3) is 2.97. The molecule has 1 spiro atoms. The van der Waals surface area contributed by atoms with Crippen LogP contribution in [0.15, 0.2) is 91.0 Å². The Kier molecular flexibility index (Phi) is 4.51. The smallest absolute Gasteiger partial charge is 0.0412 e. The Morgan fingerprint density at radius 3 is 2.03 bits per heavy atom. The molecule has 4 aromatic rings. The molecular formula is C30H25Cl. The zero-order chi connectivity index (χ0) is 20.8. The molecule has 0 unspecified atom stereocenters. The molecule has 152 valence electrons. The Morgan fingerprint density at radius 1 is 0.548 bits per heavy atom. The van der Waals surface area contributed by atoms with Crippen LogP contribution >= 0.6 is 11.6 Å². The van der Waals surface area contributed by atoms with Gasteiger partial charge in [0.1, 0.15) is 0 Å². The molecule has 0 bridgehead atoms. The number of hydrogen-bond donors (Lipinski definition) is 0. The van der Waals surface area contributed by atoms with Crippen LogP contribution in [0.3, 0.4) is 0 Å². The number of fused-ring (bicyclic) bond motifs is 5. The summed E-state index contributed by atoms with van der Waals surface area (Å²) in [6.45, 7) is 0. The van der Waals surface area contributed by atoms with E-state index in [2.05, 4.69) is 72.8 Å². The van der Waals surface area contributed by atoms with Crippen LogP contribution in [-0.4, -0.2) is 0 Å². The van der Waals surface area contributed by atoms with E-state index in [1.165, 1.54) is 59.9 Å². The molecule has 0 nitrogen and oxygen atoms in total. The first kappa shape index (κ1) is 18.9. The van der Waals surface area contributed by atoms with Gasteiger partial charge in [0.15, 0.2) is 0 Å². The quantitative estimate of drug-likeness (QED) is 0.303. The summed E-state index contributed by atoms with van der Waals surface area (Å²) in [4.78, 5) is 0. The Hall–Kier alpha value is -2.83. The molecule has 6 rings (SSSR count). The van der Waals surface area contributed by atoms with Gasteiger partial charge in [-0.1, -0.05) is 104 Å². The van der Waals surface area contributed by atoms with Crippen molar-refractivity contribution in [3.63, 3.8) is 0 Å². The average molecular weight is 421 g/mol. The number of rotatable bonds is 2. The number of benzene rings is 4. The first-order chi connectivity index (χ1) is 15.3. The highest BCUT2D eigenvalue weighted by Crippen LogP contribution is 2.57. The molecule has 1 saturated carbocycles. The van der Waals surface area contributed by atoms with E-state index in [0.717, 1.165) is 10.6 Å². The lowest BCUT2D eigenvalue weighted by Crippen LogP contribution is -2.27. The van der Waals surface area contributed by atoms with E-state index in [9.17, 15) is 0 Å². The molecule has 0 aliphatic heterocycles. The lowest BCUT2D eigenvalue weighted by atomic mass is 9.68. The standard InChI is InChI=1S/C30H25Cl/c31-24-12-7-10-22(20-24)21-9-6-11-23(19-21)25-14-8-16-28-29(25)26-13-2-3-15-27(26)30(28)17-4-1-5-18-30/h2-3,6-16,19-20H,1,4-5,17-18H2. The fourth-order valence-corrected chi connectivity index (χ4v) is 6.16.